The third kappa shape index (κ3) is 12.2. The van der Waals surface area contributed by atoms with Crippen LogP contribution in [0.1, 0.15) is 6.42 Å². The molecule has 0 rings (SSSR count). The number of terminal acetylenes is 1. The Hall–Kier alpha value is 0.170. The molecule has 0 aromatic carbocycles. The smallest absolute Gasteiger partial charge is 0.394 e. The first-order chi connectivity index (χ1) is 6.43. The van der Waals surface area contributed by atoms with Crippen molar-refractivity contribution in [3.8, 4) is 12.3 Å². The average molecular weight is 267 g/mol. The van der Waals surface area contributed by atoms with Gasteiger partial charge in [-0.15, -0.1) is 12.3 Å². The van der Waals surface area contributed by atoms with Crippen molar-refractivity contribution in [3.63, 3.8) is 0 Å². The summed E-state index contributed by atoms with van der Waals surface area (Å²) in [5.74, 6) is 2.21. The molecule has 0 bridgehead atoms. The van der Waals surface area contributed by atoms with Crippen LogP contribution in [0.4, 0.5) is 0 Å². The zero-order valence-corrected chi connectivity index (χ0v) is 9.24. The maximum atomic E-state index is 9.80. The molecule has 0 radical (unpaired) electrons. The van der Waals surface area contributed by atoms with Gasteiger partial charge in [0.2, 0.25) is 0 Å². The molecule has 0 aliphatic carbocycles. The van der Waals surface area contributed by atoms with E-state index in [-0.39, 0.29) is 13.0 Å². The Morgan fingerprint density at radius 3 is 2.00 bits per heavy atom. The van der Waals surface area contributed by atoms with Crippen LogP contribution in [-0.2, 0) is 12.7 Å². The van der Waals surface area contributed by atoms with Crippen LogP contribution in [0.3, 0.4) is 0 Å². The van der Waals surface area contributed by atoms with Gasteiger partial charge in [-0.25, -0.2) is 4.57 Å². The average Bonchev–Trinajstić information content (AvgIpc) is 2.19. The van der Waals surface area contributed by atoms with Crippen molar-refractivity contribution in [2.24, 2.45) is 0 Å². The van der Waals surface area contributed by atoms with Crippen molar-refractivity contribution < 1.29 is 27.8 Å². The van der Waals surface area contributed by atoms with Gasteiger partial charge >= 0.3 is 7.82 Å². The number of aliphatic hydroxyl groups is 2. The second-order valence-corrected chi connectivity index (χ2v) is 3.89. The summed E-state index contributed by atoms with van der Waals surface area (Å²) in [6.45, 7) is -0.246. The lowest BCUT2D eigenvalue weighted by molar-refractivity contribution is 0.0993. The summed E-state index contributed by atoms with van der Waals surface area (Å²) < 4.78 is 16.4. The minimum absolute atomic E-state index is 0.233. The van der Waals surface area contributed by atoms with Crippen LogP contribution in [0.25, 0.3) is 0 Å². The topological polar surface area (TPSA) is 96.2 Å². The molecule has 14 heavy (non-hydrogen) atoms. The quantitative estimate of drug-likeness (QED) is 0.514. The summed E-state index contributed by atoms with van der Waals surface area (Å²) in [4.78, 5) is 7.98. The highest BCUT2D eigenvalue weighted by Crippen LogP contribution is 2.45. The Labute approximate surface area is 91.3 Å². The zero-order valence-electron chi connectivity index (χ0n) is 6.84. The third-order valence-corrected chi connectivity index (χ3v) is 2.13. The van der Waals surface area contributed by atoms with Gasteiger partial charge in [0.1, 0.15) is 0 Å². The van der Waals surface area contributed by atoms with Gasteiger partial charge in [0, 0.05) is 6.42 Å². The third-order valence-electron chi connectivity index (χ3n) is 0.739. The fraction of sp³-hybridized carbons (Fsp3) is 0.600. The van der Waals surface area contributed by atoms with Gasteiger partial charge in [0.25, 0.3) is 0 Å². The molecule has 0 fully saturated rings. The van der Waals surface area contributed by atoms with E-state index in [1.165, 1.54) is 0 Å². The van der Waals surface area contributed by atoms with E-state index < -0.39 is 13.9 Å². The molecular formula is C5H9Cl2O6P. The van der Waals surface area contributed by atoms with Gasteiger partial charge in [-0.2, -0.15) is 8.15 Å². The van der Waals surface area contributed by atoms with E-state index in [4.69, 9.17) is 21.5 Å². The van der Waals surface area contributed by atoms with E-state index in [0.29, 0.717) is 0 Å². The first kappa shape index (κ1) is 16.6. The predicted molar refractivity (Wildman–Crippen MR) is 50.2 cm³/mol. The maximum Gasteiger partial charge on any atom is 0.505 e. The molecule has 9 heteroatoms. The van der Waals surface area contributed by atoms with Crippen LogP contribution in [0.2, 0.25) is 0 Å². The number of phosphoric acid groups is 1. The number of aliphatic hydroxyl groups excluding tert-OH is 2. The van der Waals surface area contributed by atoms with E-state index in [1.807, 2.05) is 0 Å². The SMILES string of the molecule is C#CCC(O)CO.O=P(O)(OCl)OCl. The summed E-state index contributed by atoms with van der Waals surface area (Å²) in [5.41, 5.74) is 0. The van der Waals surface area contributed by atoms with Gasteiger partial charge in [-0.3, -0.25) is 0 Å². The van der Waals surface area contributed by atoms with Crippen molar-refractivity contribution in [3.05, 3.63) is 0 Å². The molecule has 1 unspecified atom stereocenters. The van der Waals surface area contributed by atoms with Gasteiger partial charge in [0.05, 0.1) is 36.4 Å². The molecule has 3 N–H and O–H groups in total. The molecule has 0 aliphatic rings. The molecule has 0 aromatic rings. The van der Waals surface area contributed by atoms with Crippen LogP contribution >= 0.6 is 31.6 Å². The summed E-state index contributed by atoms with van der Waals surface area (Å²) in [5, 5.41) is 16.6. The monoisotopic (exact) mass is 266 g/mol. The highest BCUT2D eigenvalue weighted by molar-refractivity contribution is 7.49. The van der Waals surface area contributed by atoms with Crippen LogP contribution < -0.4 is 0 Å². The first-order valence-corrected chi connectivity index (χ1v) is 5.20. The molecule has 0 saturated heterocycles. The Kier molecular flexibility index (Phi) is 11.5. The Morgan fingerprint density at radius 1 is 1.50 bits per heavy atom. The molecular weight excluding hydrogens is 258 g/mol. The van der Waals surface area contributed by atoms with E-state index >= 15 is 0 Å². The molecule has 0 heterocycles. The van der Waals surface area contributed by atoms with E-state index in [2.05, 4.69) is 37.8 Å². The van der Waals surface area contributed by atoms with Crippen LogP contribution in [0.5, 0.6) is 0 Å². The highest BCUT2D eigenvalue weighted by atomic mass is 35.5. The fourth-order valence-electron chi connectivity index (χ4n) is 0.211. The van der Waals surface area contributed by atoms with Gasteiger partial charge in [-0.05, 0) is 0 Å². The molecule has 0 saturated carbocycles. The molecule has 1 atom stereocenters. The summed E-state index contributed by atoms with van der Waals surface area (Å²) in [6, 6.07) is 0. The molecule has 0 spiro atoms. The van der Waals surface area contributed by atoms with Crippen molar-refractivity contribution in [2.75, 3.05) is 6.61 Å². The summed E-state index contributed by atoms with van der Waals surface area (Å²) in [6.07, 6.45) is 4.29. The van der Waals surface area contributed by atoms with E-state index in [0.717, 1.165) is 0 Å². The highest BCUT2D eigenvalue weighted by Gasteiger charge is 2.18. The van der Waals surface area contributed by atoms with Crippen molar-refractivity contribution in [1.29, 1.82) is 0 Å². The second-order valence-electron chi connectivity index (χ2n) is 1.85. The minimum atomic E-state index is -4.12. The van der Waals surface area contributed by atoms with Crippen molar-refractivity contribution in [1.82, 2.24) is 0 Å². The maximum absolute atomic E-state index is 9.80. The zero-order chi connectivity index (χ0) is 11.6. The number of halogens is 2. The largest absolute Gasteiger partial charge is 0.505 e. The predicted octanol–water partition coefficient (Wildman–Crippen LogP) is 0.790. The van der Waals surface area contributed by atoms with E-state index in [9.17, 15) is 4.57 Å². The minimum Gasteiger partial charge on any atom is -0.394 e. The molecule has 6 nitrogen and oxygen atoms in total. The van der Waals surface area contributed by atoms with Crippen LogP contribution in [0, 0.1) is 12.3 Å². The van der Waals surface area contributed by atoms with Crippen LogP contribution in [0.15, 0.2) is 0 Å². The lowest BCUT2D eigenvalue weighted by Gasteiger charge is -1.97. The second kappa shape index (κ2) is 9.71. The number of rotatable bonds is 4. The van der Waals surface area contributed by atoms with Gasteiger partial charge in [0.15, 0.2) is 0 Å². The van der Waals surface area contributed by atoms with Crippen LogP contribution in [-0.4, -0.2) is 27.8 Å². The van der Waals surface area contributed by atoms with Crippen molar-refractivity contribution >= 4 is 31.6 Å². The molecule has 0 amide bonds. The molecule has 84 valence electrons. The Bertz CT molecular complexity index is 209. The standard InChI is InChI=1S/C5H8O2.Cl2HO4P/c1-2-3-5(7)4-6;1-5-7(3,4)6-2/h1,5-7H,3-4H2;(H,3,4). The molecule has 0 aromatic heterocycles. The summed E-state index contributed by atoms with van der Waals surface area (Å²) in [7, 11) is -4.12. The molecule has 0 aliphatic heterocycles. The van der Waals surface area contributed by atoms with Crippen molar-refractivity contribution in [2.45, 2.75) is 12.5 Å². The lowest BCUT2D eigenvalue weighted by Crippen LogP contribution is -2.09. The normalized spacial score (nSPS) is 12.3. The first-order valence-electron chi connectivity index (χ1n) is 3.09. The number of hydrogen-bond donors (Lipinski definition) is 3. The Morgan fingerprint density at radius 2 is 1.93 bits per heavy atom. The summed E-state index contributed by atoms with van der Waals surface area (Å²) >= 11 is 8.74. The number of hydrogen-bond acceptors (Lipinski definition) is 5. The van der Waals surface area contributed by atoms with Gasteiger partial charge < -0.3 is 15.1 Å². The van der Waals surface area contributed by atoms with E-state index in [1.54, 1.807) is 0 Å². The fourth-order valence-corrected chi connectivity index (χ4v) is 0.488. The van der Waals surface area contributed by atoms with Gasteiger partial charge in [-0.1, -0.05) is 0 Å². The lowest BCUT2D eigenvalue weighted by atomic mass is 10.3. The Balaban J connectivity index is 0.